The summed E-state index contributed by atoms with van der Waals surface area (Å²) in [6, 6.07) is 6.09. The van der Waals surface area contributed by atoms with Crippen molar-refractivity contribution in [2.75, 3.05) is 26.7 Å². The van der Waals surface area contributed by atoms with Gasteiger partial charge in [0.05, 0.1) is 5.56 Å². The first-order valence-electron chi connectivity index (χ1n) is 6.71. The molecular weight excluding hydrogens is 243 g/mol. The second-order valence-corrected chi connectivity index (χ2v) is 5.78. The number of hydrogen-bond donors (Lipinski definition) is 1. The van der Waals surface area contributed by atoms with Gasteiger partial charge in [-0.15, -0.1) is 0 Å². The summed E-state index contributed by atoms with van der Waals surface area (Å²) in [5.41, 5.74) is 0.243. The van der Waals surface area contributed by atoms with Crippen LogP contribution in [-0.4, -0.2) is 37.5 Å². The Hall–Kier alpha value is -1.42. The standard InChI is InChI=1S/C15H21FN2O/c1-15(7-9-18(2)10-8-15)11-17-14(19)12-5-3-4-6-13(12)16/h3-6H,7-11H2,1-2H3,(H,17,19). The van der Waals surface area contributed by atoms with Crippen molar-refractivity contribution in [1.29, 1.82) is 0 Å². The van der Waals surface area contributed by atoms with E-state index in [2.05, 4.69) is 24.2 Å². The summed E-state index contributed by atoms with van der Waals surface area (Å²) in [6.07, 6.45) is 2.11. The maximum absolute atomic E-state index is 13.5. The molecule has 1 aromatic rings. The largest absolute Gasteiger partial charge is 0.351 e. The van der Waals surface area contributed by atoms with Gasteiger partial charge in [0.15, 0.2) is 0 Å². The molecule has 1 aromatic carbocycles. The molecule has 1 heterocycles. The third kappa shape index (κ3) is 3.53. The highest BCUT2D eigenvalue weighted by atomic mass is 19.1. The summed E-state index contributed by atoms with van der Waals surface area (Å²) in [6.45, 7) is 4.88. The van der Waals surface area contributed by atoms with Crippen molar-refractivity contribution in [3.05, 3.63) is 35.6 Å². The predicted molar refractivity (Wildman–Crippen MR) is 73.6 cm³/mol. The van der Waals surface area contributed by atoms with Gasteiger partial charge >= 0.3 is 0 Å². The minimum Gasteiger partial charge on any atom is -0.351 e. The minimum absolute atomic E-state index is 0.118. The molecule has 0 atom stereocenters. The van der Waals surface area contributed by atoms with Crippen LogP contribution in [0.4, 0.5) is 4.39 Å². The molecule has 1 aliphatic rings. The first-order chi connectivity index (χ1) is 9.00. The number of benzene rings is 1. The molecule has 0 saturated carbocycles. The van der Waals surface area contributed by atoms with E-state index in [0.717, 1.165) is 25.9 Å². The van der Waals surface area contributed by atoms with Crippen molar-refractivity contribution in [2.24, 2.45) is 5.41 Å². The Balaban J connectivity index is 1.92. The molecule has 1 aliphatic heterocycles. The normalized spacial score (nSPS) is 19.1. The zero-order valence-corrected chi connectivity index (χ0v) is 11.6. The molecule has 0 radical (unpaired) electrons. The number of halogens is 1. The fourth-order valence-corrected chi connectivity index (χ4v) is 2.37. The summed E-state index contributed by atoms with van der Waals surface area (Å²) >= 11 is 0. The summed E-state index contributed by atoms with van der Waals surface area (Å²) in [5, 5.41) is 2.87. The van der Waals surface area contributed by atoms with Crippen LogP contribution in [0.2, 0.25) is 0 Å². The number of hydrogen-bond acceptors (Lipinski definition) is 2. The van der Waals surface area contributed by atoms with Crippen LogP contribution in [0.25, 0.3) is 0 Å². The molecule has 0 unspecified atom stereocenters. The van der Waals surface area contributed by atoms with E-state index in [9.17, 15) is 9.18 Å². The third-order valence-corrected chi connectivity index (χ3v) is 3.99. The smallest absolute Gasteiger partial charge is 0.254 e. The van der Waals surface area contributed by atoms with Gasteiger partial charge < -0.3 is 10.2 Å². The molecule has 1 fully saturated rings. The monoisotopic (exact) mass is 264 g/mol. The molecule has 3 nitrogen and oxygen atoms in total. The van der Waals surface area contributed by atoms with Gasteiger partial charge in [0.25, 0.3) is 5.91 Å². The fourth-order valence-electron chi connectivity index (χ4n) is 2.37. The van der Waals surface area contributed by atoms with Crippen LogP contribution in [0.5, 0.6) is 0 Å². The van der Waals surface area contributed by atoms with E-state index >= 15 is 0 Å². The van der Waals surface area contributed by atoms with E-state index < -0.39 is 5.82 Å². The molecule has 4 heteroatoms. The summed E-state index contributed by atoms with van der Waals surface area (Å²) in [5.74, 6) is -0.785. The van der Waals surface area contributed by atoms with E-state index in [4.69, 9.17) is 0 Å². The lowest BCUT2D eigenvalue weighted by molar-refractivity contribution is 0.0887. The molecule has 0 aliphatic carbocycles. The van der Waals surface area contributed by atoms with E-state index in [1.165, 1.54) is 12.1 Å². The lowest BCUT2D eigenvalue weighted by atomic mass is 9.80. The highest BCUT2D eigenvalue weighted by molar-refractivity contribution is 5.94. The average Bonchev–Trinajstić information content (AvgIpc) is 2.41. The van der Waals surface area contributed by atoms with Gasteiger partial charge in [-0.2, -0.15) is 0 Å². The fraction of sp³-hybridized carbons (Fsp3) is 0.533. The number of amides is 1. The van der Waals surface area contributed by atoms with Crippen molar-refractivity contribution in [1.82, 2.24) is 10.2 Å². The topological polar surface area (TPSA) is 32.3 Å². The maximum atomic E-state index is 13.5. The van der Waals surface area contributed by atoms with Gasteiger partial charge in [-0.05, 0) is 50.5 Å². The van der Waals surface area contributed by atoms with Gasteiger partial charge in [-0.1, -0.05) is 19.1 Å². The number of nitrogens with zero attached hydrogens (tertiary/aromatic N) is 1. The molecule has 2 rings (SSSR count). The van der Waals surface area contributed by atoms with Crippen molar-refractivity contribution >= 4 is 5.91 Å². The first kappa shape index (κ1) is 14.0. The van der Waals surface area contributed by atoms with Crippen molar-refractivity contribution in [3.63, 3.8) is 0 Å². The molecular formula is C15H21FN2O. The van der Waals surface area contributed by atoms with E-state index in [1.807, 2.05) is 0 Å². The van der Waals surface area contributed by atoms with E-state index in [1.54, 1.807) is 12.1 Å². The van der Waals surface area contributed by atoms with E-state index in [-0.39, 0.29) is 16.9 Å². The molecule has 104 valence electrons. The summed E-state index contributed by atoms with van der Waals surface area (Å²) in [7, 11) is 2.11. The molecule has 19 heavy (non-hydrogen) atoms. The molecule has 0 spiro atoms. The lowest BCUT2D eigenvalue weighted by Gasteiger charge is -2.37. The number of carbonyl (C=O) groups excluding carboxylic acids is 1. The molecule has 1 amide bonds. The second-order valence-electron chi connectivity index (χ2n) is 5.78. The highest BCUT2D eigenvalue weighted by Gasteiger charge is 2.29. The van der Waals surface area contributed by atoms with Gasteiger partial charge in [0.2, 0.25) is 0 Å². The van der Waals surface area contributed by atoms with Crippen LogP contribution < -0.4 is 5.32 Å². The van der Waals surface area contributed by atoms with Crippen LogP contribution in [0.3, 0.4) is 0 Å². The third-order valence-electron chi connectivity index (χ3n) is 3.99. The quantitative estimate of drug-likeness (QED) is 0.908. The zero-order chi connectivity index (χ0) is 13.9. The van der Waals surface area contributed by atoms with Crippen molar-refractivity contribution in [3.8, 4) is 0 Å². The maximum Gasteiger partial charge on any atom is 0.254 e. The van der Waals surface area contributed by atoms with Crippen LogP contribution in [0.1, 0.15) is 30.1 Å². The Labute approximate surface area is 113 Å². The second kappa shape index (κ2) is 5.70. The number of piperidine rings is 1. The van der Waals surface area contributed by atoms with Crippen LogP contribution in [0.15, 0.2) is 24.3 Å². The van der Waals surface area contributed by atoms with Crippen LogP contribution in [0, 0.1) is 11.2 Å². The number of nitrogens with one attached hydrogen (secondary N) is 1. The molecule has 1 saturated heterocycles. The van der Waals surface area contributed by atoms with Crippen LogP contribution in [-0.2, 0) is 0 Å². The van der Waals surface area contributed by atoms with Gasteiger partial charge in [0, 0.05) is 6.54 Å². The summed E-state index contributed by atoms with van der Waals surface area (Å²) in [4.78, 5) is 14.2. The first-order valence-corrected chi connectivity index (χ1v) is 6.71. The van der Waals surface area contributed by atoms with Crippen LogP contribution >= 0.6 is 0 Å². The number of rotatable bonds is 3. The Morgan fingerprint density at radius 2 is 2.00 bits per heavy atom. The summed E-state index contributed by atoms with van der Waals surface area (Å²) < 4.78 is 13.5. The van der Waals surface area contributed by atoms with Crippen molar-refractivity contribution < 1.29 is 9.18 Å². The Kier molecular flexibility index (Phi) is 4.20. The predicted octanol–water partition coefficient (Wildman–Crippen LogP) is 2.29. The Morgan fingerprint density at radius 1 is 1.37 bits per heavy atom. The van der Waals surface area contributed by atoms with Gasteiger partial charge in [0.1, 0.15) is 5.82 Å². The number of carbonyl (C=O) groups is 1. The highest BCUT2D eigenvalue weighted by Crippen LogP contribution is 2.29. The zero-order valence-electron chi connectivity index (χ0n) is 11.6. The van der Waals surface area contributed by atoms with Gasteiger partial charge in [-0.25, -0.2) is 4.39 Å². The minimum atomic E-state index is -0.464. The van der Waals surface area contributed by atoms with E-state index in [0.29, 0.717) is 6.54 Å². The van der Waals surface area contributed by atoms with Gasteiger partial charge in [-0.3, -0.25) is 4.79 Å². The Bertz CT molecular complexity index is 453. The number of likely N-dealkylation sites (tertiary alicyclic amines) is 1. The SMILES string of the molecule is CN1CCC(C)(CNC(=O)c2ccccc2F)CC1. The lowest BCUT2D eigenvalue weighted by Crippen LogP contribution is -2.43. The molecule has 0 bridgehead atoms. The average molecular weight is 264 g/mol. The molecule has 0 aromatic heterocycles. The molecule has 1 N–H and O–H groups in total. The Morgan fingerprint density at radius 3 is 2.63 bits per heavy atom. The van der Waals surface area contributed by atoms with Crippen molar-refractivity contribution in [2.45, 2.75) is 19.8 Å².